The van der Waals surface area contributed by atoms with Crippen LogP contribution in [-0.2, 0) is 0 Å². The molecule has 25 heavy (non-hydrogen) atoms. The lowest BCUT2D eigenvalue weighted by Gasteiger charge is -2.19. The molecule has 7 heteroatoms. The van der Waals surface area contributed by atoms with Crippen LogP contribution in [-0.4, -0.2) is 9.66 Å². The molecule has 1 saturated carbocycles. The fourth-order valence-corrected chi connectivity index (χ4v) is 2.86. The maximum atomic E-state index is 14.2. The molecule has 0 amide bonds. The molecule has 0 spiro atoms. The molecule has 1 aliphatic carbocycles. The molecule has 1 atom stereocenters. The van der Waals surface area contributed by atoms with Crippen LogP contribution in [0.3, 0.4) is 0 Å². The summed E-state index contributed by atoms with van der Waals surface area (Å²) in [5, 5.41) is -0.108. The summed E-state index contributed by atoms with van der Waals surface area (Å²) in [4.78, 5) is 17.3. The molecule has 5 nitrogen and oxygen atoms in total. The Morgan fingerprint density at radius 3 is 2.56 bits per heavy atom. The van der Waals surface area contributed by atoms with Crippen molar-refractivity contribution in [1.29, 1.82) is 0 Å². The molecule has 1 heterocycles. The van der Waals surface area contributed by atoms with Crippen molar-refractivity contribution in [1.82, 2.24) is 9.66 Å². The molecule has 0 bridgehead atoms. The van der Waals surface area contributed by atoms with E-state index in [0.717, 1.165) is 12.8 Å². The highest BCUT2D eigenvalue weighted by atomic mass is 19.1. The lowest BCUT2D eigenvalue weighted by Crippen LogP contribution is -2.35. The standard InChI is InChI=1S/C18H16F2N4O/c19-11-6-8-12(9-7-11)23-24-17(16(21)10-4-5-10)22-14-3-1-2-13(20)15(14)18(24)25/h1-3,6-10,16,23H,4-5,21H2/t16-/m0/s1. The van der Waals surface area contributed by atoms with E-state index in [9.17, 15) is 13.6 Å². The monoisotopic (exact) mass is 342 g/mol. The number of anilines is 1. The maximum Gasteiger partial charge on any atom is 0.283 e. The van der Waals surface area contributed by atoms with Gasteiger partial charge in [-0.25, -0.2) is 18.4 Å². The fourth-order valence-electron chi connectivity index (χ4n) is 2.86. The van der Waals surface area contributed by atoms with Crippen molar-refractivity contribution in [3.63, 3.8) is 0 Å². The van der Waals surface area contributed by atoms with Crippen molar-refractivity contribution in [2.24, 2.45) is 11.7 Å². The summed E-state index contributed by atoms with van der Waals surface area (Å²) < 4.78 is 28.4. The minimum absolute atomic E-state index is 0.108. The van der Waals surface area contributed by atoms with Gasteiger partial charge in [0, 0.05) is 0 Å². The zero-order chi connectivity index (χ0) is 17.6. The van der Waals surface area contributed by atoms with Gasteiger partial charge in [-0.2, -0.15) is 0 Å². The van der Waals surface area contributed by atoms with Crippen LogP contribution in [0.15, 0.2) is 47.3 Å². The summed E-state index contributed by atoms with van der Waals surface area (Å²) in [6.45, 7) is 0. The number of rotatable bonds is 4. The molecule has 1 aliphatic rings. The molecular formula is C18H16F2N4O. The van der Waals surface area contributed by atoms with E-state index in [4.69, 9.17) is 5.73 Å². The molecule has 4 rings (SSSR count). The minimum atomic E-state index is -0.642. The van der Waals surface area contributed by atoms with Crippen LogP contribution in [0.5, 0.6) is 0 Å². The van der Waals surface area contributed by atoms with Crippen molar-refractivity contribution >= 4 is 16.6 Å². The first-order valence-corrected chi connectivity index (χ1v) is 8.04. The third kappa shape index (κ3) is 2.87. The zero-order valence-electron chi connectivity index (χ0n) is 13.2. The first-order valence-electron chi connectivity index (χ1n) is 8.04. The smallest absolute Gasteiger partial charge is 0.283 e. The second-order valence-corrected chi connectivity index (χ2v) is 6.23. The largest absolute Gasteiger partial charge is 0.321 e. The van der Waals surface area contributed by atoms with Crippen molar-refractivity contribution in [3.8, 4) is 0 Å². The Hall–Kier alpha value is -2.80. The predicted octanol–water partition coefficient (Wildman–Crippen LogP) is 2.96. The van der Waals surface area contributed by atoms with E-state index in [2.05, 4.69) is 10.4 Å². The maximum absolute atomic E-state index is 14.2. The number of nitrogens with two attached hydrogens (primary N) is 1. The second kappa shape index (κ2) is 5.93. The van der Waals surface area contributed by atoms with Crippen molar-refractivity contribution in [3.05, 3.63) is 70.3 Å². The number of hydrogen-bond donors (Lipinski definition) is 2. The third-order valence-corrected chi connectivity index (χ3v) is 4.39. The molecular weight excluding hydrogens is 326 g/mol. The highest BCUT2D eigenvalue weighted by Gasteiger charge is 2.33. The molecule has 1 fully saturated rings. The predicted molar refractivity (Wildman–Crippen MR) is 91.0 cm³/mol. The number of nitrogens with zero attached hydrogens (tertiary/aromatic N) is 2. The summed E-state index contributed by atoms with van der Waals surface area (Å²) in [6.07, 6.45) is 1.93. The molecule has 0 saturated heterocycles. The highest BCUT2D eigenvalue weighted by Crippen LogP contribution is 2.38. The van der Waals surface area contributed by atoms with Gasteiger partial charge in [-0.15, -0.1) is 0 Å². The molecule has 3 N–H and O–H groups in total. The summed E-state index contributed by atoms with van der Waals surface area (Å²) in [5.41, 5.74) is 9.32. The van der Waals surface area contributed by atoms with Gasteiger partial charge in [0.25, 0.3) is 5.56 Å². The van der Waals surface area contributed by atoms with Crippen LogP contribution in [0.1, 0.15) is 24.7 Å². The highest BCUT2D eigenvalue weighted by molar-refractivity contribution is 5.78. The topological polar surface area (TPSA) is 72.9 Å². The van der Waals surface area contributed by atoms with Crippen LogP contribution in [0.25, 0.3) is 10.9 Å². The van der Waals surface area contributed by atoms with Gasteiger partial charge in [-0.1, -0.05) is 6.07 Å². The van der Waals surface area contributed by atoms with Gasteiger partial charge in [-0.05, 0) is 55.2 Å². The lowest BCUT2D eigenvalue weighted by molar-refractivity contribution is 0.561. The Morgan fingerprint density at radius 2 is 1.88 bits per heavy atom. The number of halogens is 2. The van der Waals surface area contributed by atoms with Gasteiger partial charge in [0.05, 0.1) is 17.2 Å². The summed E-state index contributed by atoms with van der Waals surface area (Å²) >= 11 is 0. The third-order valence-electron chi connectivity index (χ3n) is 4.39. The van der Waals surface area contributed by atoms with Gasteiger partial charge in [-0.3, -0.25) is 10.2 Å². The minimum Gasteiger partial charge on any atom is -0.321 e. The van der Waals surface area contributed by atoms with Gasteiger partial charge >= 0.3 is 0 Å². The Bertz CT molecular complexity index is 996. The Morgan fingerprint density at radius 1 is 1.16 bits per heavy atom. The second-order valence-electron chi connectivity index (χ2n) is 6.23. The van der Waals surface area contributed by atoms with Crippen LogP contribution in [0.4, 0.5) is 14.5 Å². The van der Waals surface area contributed by atoms with E-state index in [1.807, 2.05) is 0 Å². The lowest BCUT2D eigenvalue weighted by atomic mass is 10.1. The number of hydrogen-bond acceptors (Lipinski definition) is 4. The Labute approximate surface area is 142 Å². The van der Waals surface area contributed by atoms with Crippen molar-refractivity contribution in [2.45, 2.75) is 18.9 Å². The van der Waals surface area contributed by atoms with Crippen LogP contribution < -0.4 is 16.7 Å². The van der Waals surface area contributed by atoms with E-state index in [0.29, 0.717) is 11.5 Å². The number of aromatic nitrogens is 2. The van der Waals surface area contributed by atoms with E-state index >= 15 is 0 Å². The summed E-state index contributed by atoms with van der Waals surface area (Å²) in [6, 6.07) is 9.38. The van der Waals surface area contributed by atoms with Gasteiger partial charge < -0.3 is 5.73 Å². The number of fused-ring (bicyclic) bond motifs is 1. The Kier molecular flexibility index (Phi) is 3.73. The molecule has 1 aromatic heterocycles. The molecule has 0 unspecified atom stereocenters. The quantitative estimate of drug-likeness (QED) is 0.765. The van der Waals surface area contributed by atoms with Crippen LogP contribution in [0, 0.1) is 17.6 Å². The number of benzene rings is 2. The average Bonchev–Trinajstić information content (AvgIpc) is 3.43. The van der Waals surface area contributed by atoms with E-state index in [1.165, 1.54) is 41.1 Å². The molecule has 0 aliphatic heterocycles. The van der Waals surface area contributed by atoms with Gasteiger partial charge in [0.1, 0.15) is 22.8 Å². The van der Waals surface area contributed by atoms with Crippen molar-refractivity contribution < 1.29 is 8.78 Å². The average molecular weight is 342 g/mol. The molecule has 0 radical (unpaired) electrons. The van der Waals surface area contributed by atoms with Crippen LogP contribution >= 0.6 is 0 Å². The van der Waals surface area contributed by atoms with E-state index < -0.39 is 23.2 Å². The normalized spacial score (nSPS) is 15.3. The molecule has 2 aromatic carbocycles. The molecule has 128 valence electrons. The Balaban J connectivity index is 1.90. The SMILES string of the molecule is N[C@H](c1nc2cccc(F)c2c(=O)n1Nc1ccc(F)cc1)C1CC1. The van der Waals surface area contributed by atoms with Crippen LogP contribution in [0.2, 0.25) is 0 Å². The van der Waals surface area contributed by atoms with Gasteiger partial charge in [0.2, 0.25) is 0 Å². The fraction of sp³-hybridized carbons (Fsp3) is 0.222. The first-order chi connectivity index (χ1) is 12.0. The van der Waals surface area contributed by atoms with Crippen molar-refractivity contribution in [2.75, 3.05) is 5.43 Å². The van der Waals surface area contributed by atoms with E-state index in [-0.39, 0.29) is 16.8 Å². The van der Waals surface area contributed by atoms with E-state index in [1.54, 1.807) is 6.07 Å². The number of nitrogens with one attached hydrogen (secondary N) is 1. The first kappa shape index (κ1) is 15.7. The molecule has 3 aromatic rings. The van der Waals surface area contributed by atoms with Gasteiger partial charge in [0.15, 0.2) is 0 Å². The summed E-state index contributed by atoms with van der Waals surface area (Å²) in [5.74, 6) is -0.444. The zero-order valence-corrected chi connectivity index (χ0v) is 13.2. The summed E-state index contributed by atoms with van der Waals surface area (Å²) in [7, 11) is 0.